The number of piperazine rings is 1. The topological polar surface area (TPSA) is 49.3 Å². The summed E-state index contributed by atoms with van der Waals surface area (Å²) < 4.78 is 14.5. The summed E-state index contributed by atoms with van der Waals surface area (Å²) in [6, 6.07) is 16.8. The zero-order chi connectivity index (χ0) is 23.4. The second-order valence-electron chi connectivity index (χ2n) is 9.03. The van der Waals surface area contributed by atoms with Crippen LogP contribution in [-0.2, 0) is 11.2 Å². The first kappa shape index (κ1) is 22.9. The highest BCUT2D eigenvalue weighted by Crippen LogP contribution is 2.29. The Balaban J connectivity index is 1.66. The van der Waals surface area contributed by atoms with E-state index in [1.54, 1.807) is 6.07 Å². The van der Waals surface area contributed by atoms with Gasteiger partial charge in [0.05, 0.1) is 0 Å². The number of rotatable bonds is 6. The van der Waals surface area contributed by atoms with E-state index in [4.69, 9.17) is 9.97 Å². The van der Waals surface area contributed by atoms with Crippen molar-refractivity contribution in [3.63, 3.8) is 0 Å². The molecule has 0 saturated carbocycles. The van der Waals surface area contributed by atoms with Crippen LogP contribution in [0.3, 0.4) is 0 Å². The van der Waals surface area contributed by atoms with Gasteiger partial charge in [0, 0.05) is 55.8 Å². The molecule has 1 amide bonds. The Labute approximate surface area is 195 Å². The number of benzene rings is 2. The second-order valence-corrected chi connectivity index (χ2v) is 9.03. The van der Waals surface area contributed by atoms with Gasteiger partial charge in [-0.25, -0.2) is 14.4 Å². The Morgan fingerprint density at radius 2 is 1.64 bits per heavy atom. The van der Waals surface area contributed by atoms with Crippen molar-refractivity contribution in [3.8, 4) is 11.4 Å². The number of aryl methyl sites for hydroxylation is 1. The molecular formula is C27H31FN4O. The van der Waals surface area contributed by atoms with Crippen molar-refractivity contribution >= 4 is 11.7 Å². The highest BCUT2D eigenvalue weighted by molar-refractivity contribution is 5.76. The second kappa shape index (κ2) is 10.1. The van der Waals surface area contributed by atoms with E-state index in [2.05, 4.69) is 18.7 Å². The summed E-state index contributed by atoms with van der Waals surface area (Å²) in [6.45, 7) is 8.81. The van der Waals surface area contributed by atoms with Crippen LogP contribution >= 0.6 is 0 Å². The van der Waals surface area contributed by atoms with Gasteiger partial charge < -0.3 is 9.80 Å². The molecule has 1 aromatic heterocycles. The first-order valence-corrected chi connectivity index (χ1v) is 11.6. The molecule has 4 rings (SSSR count). The van der Waals surface area contributed by atoms with Gasteiger partial charge in [0.25, 0.3) is 0 Å². The summed E-state index contributed by atoms with van der Waals surface area (Å²) in [4.78, 5) is 26.4. The molecule has 0 bridgehead atoms. The van der Waals surface area contributed by atoms with E-state index in [1.807, 2.05) is 54.3 Å². The molecule has 0 unspecified atom stereocenters. The summed E-state index contributed by atoms with van der Waals surface area (Å²) in [5.74, 6) is 1.83. The first-order valence-electron chi connectivity index (χ1n) is 11.6. The molecule has 2 heterocycles. The van der Waals surface area contributed by atoms with Crippen molar-refractivity contribution in [1.82, 2.24) is 14.9 Å². The molecule has 172 valence electrons. The highest BCUT2D eigenvalue weighted by atomic mass is 19.1. The predicted molar refractivity (Wildman–Crippen MR) is 130 cm³/mol. The minimum atomic E-state index is -0.223. The van der Waals surface area contributed by atoms with Crippen LogP contribution in [0.4, 0.5) is 10.2 Å². The SMILES string of the molecule is Cc1nc(-c2ccccc2)nc(N2CCN(C(=O)CC(C)C)CC2)c1Cc1ccccc1F. The number of hydrogen-bond donors (Lipinski definition) is 0. The van der Waals surface area contributed by atoms with Gasteiger partial charge in [0.15, 0.2) is 5.82 Å². The number of carbonyl (C=O) groups is 1. The molecule has 2 aromatic carbocycles. The van der Waals surface area contributed by atoms with Crippen molar-refractivity contribution in [3.05, 3.63) is 77.2 Å². The normalized spacial score (nSPS) is 14.1. The van der Waals surface area contributed by atoms with Crippen molar-refractivity contribution in [1.29, 1.82) is 0 Å². The number of anilines is 1. The third-order valence-electron chi connectivity index (χ3n) is 6.06. The summed E-state index contributed by atoms with van der Waals surface area (Å²) in [5.41, 5.74) is 3.36. The van der Waals surface area contributed by atoms with Gasteiger partial charge in [0.2, 0.25) is 5.91 Å². The van der Waals surface area contributed by atoms with Crippen LogP contribution in [0.1, 0.15) is 37.1 Å². The standard InChI is InChI=1S/C27H31FN4O/c1-19(2)17-25(33)31-13-15-32(16-14-31)27-23(18-22-11-7-8-12-24(22)28)20(3)29-26(30-27)21-9-5-4-6-10-21/h4-12,19H,13-18H2,1-3H3. The predicted octanol–water partition coefficient (Wildman–Crippen LogP) is 4.88. The van der Waals surface area contributed by atoms with E-state index in [1.165, 1.54) is 6.07 Å². The zero-order valence-electron chi connectivity index (χ0n) is 19.6. The lowest BCUT2D eigenvalue weighted by Crippen LogP contribution is -2.49. The number of halogens is 1. The van der Waals surface area contributed by atoms with E-state index in [-0.39, 0.29) is 11.7 Å². The van der Waals surface area contributed by atoms with Crippen molar-refractivity contribution in [2.75, 3.05) is 31.1 Å². The average molecular weight is 447 g/mol. The van der Waals surface area contributed by atoms with E-state index >= 15 is 0 Å². The zero-order valence-corrected chi connectivity index (χ0v) is 19.6. The quantitative estimate of drug-likeness (QED) is 0.542. The molecule has 6 heteroatoms. The molecule has 0 radical (unpaired) electrons. The van der Waals surface area contributed by atoms with Gasteiger partial charge in [-0.1, -0.05) is 62.4 Å². The number of carbonyl (C=O) groups excluding carboxylic acids is 1. The molecule has 1 saturated heterocycles. The molecule has 0 aliphatic carbocycles. The van der Waals surface area contributed by atoms with Crippen LogP contribution in [0.25, 0.3) is 11.4 Å². The van der Waals surface area contributed by atoms with Crippen LogP contribution in [0.15, 0.2) is 54.6 Å². The molecule has 1 fully saturated rings. The molecule has 3 aromatic rings. The van der Waals surface area contributed by atoms with Crippen LogP contribution in [0, 0.1) is 18.7 Å². The molecule has 1 aliphatic heterocycles. The summed E-state index contributed by atoms with van der Waals surface area (Å²) in [5, 5.41) is 0. The maximum Gasteiger partial charge on any atom is 0.222 e. The maximum absolute atomic E-state index is 14.5. The molecule has 33 heavy (non-hydrogen) atoms. The minimum Gasteiger partial charge on any atom is -0.353 e. The first-order chi connectivity index (χ1) is 15.9. The Morgan fingerprint density at radius 1 is 0.970 bits per heavy atom. The summed E-state index contributed by atoms with van der Waals surface area (Å²) in [7, 11) is 0. The van der Waals surface area contributed by atoms with Crippen molar-refractivity contribution < 1.29 is 9.18 Å². The largest absolute Gasteiger partial charge is 0.353 e. The monoisotopic (exact) mass is 446 g/mol. The maximum atomic E-state index is 14.5. The van der Waals surface area contributed by atoms with Gasteiger partial charge in [-0.2, -0.15) is 0 Å². The number of amides is 1. The number of aromatic nitrogens is 2. The van der Waals surface area contributed by atoms with Gasteiger partial charge in [-0.15, -0.1) is 0 Å². The fourth-order valence-corrected chi connectivity index (χ4v) is 4.24. The third kappa shape index (κ3) is 5.38. The number of nitrogens with zero attached hydrogens (tertiary/aromatic N) is 4. The molecule has 5 nitrogen and oxygen atoms in total. The Kier molecular flexibility index (Phi) is 7.02. The molecular weight excluding hydrogens is 415 g/mol. The lowest BCUT2D eigenvalue weighted by molar-refractivity contribution is -0.132. The van der Waals surface area contributed by atoms with Crippen LogP contribution in [0.2, 0.25) is 0 Å². The van der Waals surface area contributed by atoms with Crippen molar-refractivity contribution in [2.45, 2.75) is 33.6 Å². The number of hydrogen-bond acceptors (Lipinski definition) is 4. The van der Waals surface area contributed by atoms with E-state index in [0.29, 0.717) is 56.3 Å². The van der Waals surface area contributed by atoms with Crippen LogP contribution in [-0.4, -0.2) is 47.0 Å². The average Bonchev–Trinajstić information content (AvgIpc) is 2.81. The smallest absolute Gasteiger partial charge is 0.222 e. The lowest BCUT2D eigenvalue weighted by atomic mass is 10.0. The van der Waals surface area contributed by atoms with E-state index in [9.17, 15) is 9.18 Å². The Bertz CT molecular complexity index is 1110. The van der Waals surface area contributed by atoms with E-state index < -0.39 is 0 Å². The van der Waals surface area contributed by atoms with Gasteiger partial charge >= 0.3 is 0 Å². The summed E-state index contributed by atoms with van der Waals surface area (Å²) in [6.07, 6.45) is 0.999. The fraction of sp³-hybridized carbons (Fsp3) is 0.370. The van der Waals surface area contributed by atoms with E-state index in [0.717, 1.165) is 22.6 Å². The molecule has 0 atom stereocenters. The Hall–Kier alpha value is -3.28. The minimum absolute atomic E-state index is 0.208. The van der Waals surface area contributed by atoms with Gasteiger partial charge in [-0.3, -0.25) is 4.79 Å². The van der Waals surface area contributed by atoms with Gasteiger partial charge in [0.1, 0.15) is 11.6 Å². The van der Waals surface area contributed by atoms with Gasteiger partial charge in [-0.05, 0) is 24.5 Å². The van der Waals surface area contributed by atoms with Crippen LogP contribution in [0.5, 0.6) is 0 Å². The summed E-state index contributed by atoms with van der Waals surface area (Å²) >= 11 is 0. The Morgan fingerprint density at radius 3 is 2.30 bits per heavy atom. The van der Waals surface area contributed by atoms with Crippen LogP contribution < -0.4 is 4.90 Å². The lowest BCUT2D eigenvalue weighted by Gasteiger charge is -2.37. The third-order valence-corrected chi connectivity index (χ3v) is 6.06. The highest BCUT2D eigenvalue weighted by Gasteiger charge is 2.26. The molecule has 0 N–H and O–H groups in total. The molecule has 1 aliphatic rings. The van der Waals surface area contributed by atoms with Crippen molar-refractivity contribution in [2.24, 2.45) is 5.92 Å². The fourth-order valence-electron chi connectivity index (χ4n) is 4.24. The molecule has 0 spiro atoms.